The van der Waals surface area contributed by atoms with Crippen LogP contribution >= 0.6 is 12.6 Å². The highest BCUT2D eigenvalue weighted by atomic mass is 32.1. The summed E-state index contributed by atoms with van der Waals surface area (Å²) in [6.45, 7) is 7.92. The topological polar surface area (TPSA) is 72.8 Å². The molecule has 0 bridgehead atoms. The number of likely N-dealkylation sites (N-methyl/N-ethyl adjacent to an activating group) is 1. The molecule has 2 unspecified atom stereocenters. The van der Waals surface area contributed by atoms with Crippen LogP contribution in [0.25, 0.3) is 5.57 Å². The molecule has 1 fully saturated rings. The number of hydrogen-bond acceptors (Lipinski definition) is 5. The largest absolute Gasteiger partial charge is 0.508 e. The van der Waals surface area contributed by atoms with Crippen LogP contribution in [0.4, 0.5) is 5.69 Å². The fourth-order valence-electron chi connectivity index (χ4n) is 4.05. The summed E-state index contributed by atoms with van der Waals surface area (Å²) in [6.07, 6.45) is 6.05. The van der Waals surface area contributed by atoms with Crippen LogP contribution in [0.15, 0.2) is 103 Å². The molecule has 0 radical (unpaired) electrons. The third-order valence-corrected chi connectivity index (χ3v) is 6.78. The van der Waals surface area contributed by atoms with Crippen LogP contribution in [0, 0.1) is 6.92 Å². The van der Waals surface area contributed by atoms with E-state index >= 15 is 0 Å². The van der Waals surface area contributed by atoms with Crippen molar-refractivity contribution in [3.8, 4) is 5.75 Å². The molecule has 1 aliphatic heterocycles. The molecule has 0 spiro atoms. The number of aliphatic hydroxyl groups is 1. The van der Waals surface area contributed by atoms with Gasteiger partial charge in [-0.05, 0) is 66.5 Å². The van der Waals surface area contributed by atoms with Gasteiger partial charge in [0.1, 0.15) is 5.75 Å². The lowest BCUT2D eigenvalue weighted by Gasteiger charge is -2.40. The number of allylic oxidation sites excluding steroid dienone is 4. The van der Waals surface area contributed by atoms with E-state index in [1.54, 1.807) is 12.1 Å². The van der Waals surface area contributed by atoms with Crippen molar-refractivity contribution in [2.24, 2.45) is 0 Å². The number of phenolic OH excluding ortho intramolecular Hbond substituents is 1. The molecule has 1 aliphatic rings. The minimum atomic E-state index is -0.432. The van der Waals surface area contributed by atoms with Crippen molar-refractivity contribution < 1.29 is 15.0 Å². The van der Waals surface area contributed by atoms with Gasteiger partial charge in [-0.25, -0.2) is 0 Å². The number of benzene rings is 3. The summed E-state index contributed by atoms with van der Waals surface area (Å²) < 4.78 is 0. The maximum atomic E-state index is 12.2. The lowest BCUT2D eigenvalue weighted by molar-refractivity contribution is -0.124. The molecule has 3 aromatic rings. The highest BCUT2D eigenvalue weighted by Gasteiger charge is 2.38. The molecule has 0 saturated carbocycles. The Labute approximate surface area is 231 Å². The minimum Gasteiger partial charge on any atom is -0.508 e. The Kier molecular flexibility index (Phi) is 10.4. The van der Waals surface area contributed by atoms with Crippen molar-refractivity contribution in [1.82, 2.24) is 5.32 Å². The molecule has 3 aromatic carbocycles. The Balaban J connectivity index is 0.000000304. The molecule has 2 atom stereocenters. The average Bonchev–Trinajstić information content (AvgIpc) is 2.93. The molecule has 198 valence electrons. The van der Waals surface area contributed by atoms with Crippen molar-refractivity contribution in [3.05, 3.63) is 126 Å². The summed E-state index contributed by atoms with van der Waals surface area (Å²) in [5.74, 6) is 0.814. The Morgan fingerprint density at radius 3 is 2.24 bits per heavy atom. The van der Waals surface area contributed by atoms with Crippen LogP contribution in [0.2, 0.25) is 0 Å². The van der Waals surface area contributed by atoms with Gasteiger partial charge in [-0.3, -0.25) is 4.79 Å². The van der Waals surface area contributed by atoms with Gasteiger partial charge in [0.25, 0.3) is 0 Å². The van der Waals surface area contributed by atoms with Gasteiger partial charge in [-0.1, -0.05) is 72.8 Å². The van der Waals surface area contributed by atoms with E-state index in [9.17, 15) is 15.0 Å². The molecule has 38 heavy (non-hydrogen) atoms. The summed E-state index contributed by atoms with van der Waals surface area (Å²) >= 11 is 4.00. The minimum absolute atomic E-state index is 0.0176. The third-order valence-electron chi connectivity index (χ3n) is 6.44. The number of carbonyl (C=O) groups excluding carboxylic acids is 1. The second kappa shape index (κ2) is 13.7. The van der Waals surface area contributed by atoms with E-state index in [0.29, 0.717) is 12.2 Å². The number of carbonyl (C=O) groups is 1. The molecule has 5 nitrogen and oxygen atoms in total. The van der Waals surface area contributed by atoms with Gasteiger partial charge in [0.2, 0.25) is 5.91 Å². The van der Waals surface area contributed by atoms with Gasteiger partial charge in [0.15, 0.2) is 0 Å². The number of thiol groups is 1. The van der Waals surface area contributed by atoms with Gasteiger partial charge >= 0.3 is 0 Å². The Morgan fingerprint density at radius 2 is 1.71 bits per heavy atom. The van der Waals surface area contributed by atoms with E-state index in [2.05, 4.69) is 24.5 Å². The van der Waals surface area contributed by atoms with E-state index in [4.69, 9.17) is 0 Å². The summed E-state index contributed by atoms with van der Waals surface area (Å²) in [6, 6.07) is 22.9. The fourth-order valence-corrected chi connectivity index (χ4v) is 4.26. The van der Waals surface area contributed by atoms with E-state index in [0.717, 1.165) is 33.6 Å². The fraction of sp³-hybridized carbons (Fsp3) is 0.219. The quantitative estimate of drug-likeness (QED) is 0.153. The van der Waals surface area contributed by atoms with E-state index in [1.807, 2.05) is 105 Å². The second-order valence-corrected chi connectivity index (χ2v) is 9.45. The van der Waals surface area contributed by atoms with Crippen molar-refractivity contribution in [1.29, 1.82) is 0 Å². The maximum Gasteiger partial charge on any atom is 0.230 e. The van der Waals surface area contributed by atoms with Crippen LogP contribution in [0.5, 0.6) is 5.75 Å². The first-order valence-electron chi connectivity index (χ1n) is 12.5. The molecule has 6 heteroatoms. The lowest BCUT2D eigenvalue weighted by atomic mass is 9.92. The van der Waals surface area contributed by atoms with Gasteiger partial charge in [-0.2, -0.15) is 12.6 Å². The van der Waals surface area contributed by atoms with Crippen molar-refractivity contribution in [3.63, 3.8) is 0 Å². The molecule has 4 rings (SSSR count). The number of nitrogens with one attached hydrogen (secondary N) is 1. The predicted molar refractivity (Wildman–Crippen MR) is 160 cm³/mol. The standard InChI is InChI=1S/C23H24N2O2.C9H12OS/c1-4-17(6-5-16(2)24-3)18-7-11-20(12-8-18)25-22(15-23(25)27)19-9-13-21(26)14-10-19;1-7-2-4-8(5-3-7)9(10)6-11/h4-14,22,24,26H,2,15H2,1,3H3;2-5,9-11H,6H2,1H3/b6-5-,17-4+;. The third kappa shape index (κ3) is 7.40. The Morgan fingerprint density at radius 1 is 1.08 bits per heavy atom. The Bertz CT molecular complexity index is 1280. The number of aromatic hydroxyl groups is 1. The maximum absolute atomic E-state index is 12.2. The average molecular weight is 529 g/mol. The first-order chi connectivity index (χ1) is 18.3. The molecule has 1 heterocycles. The molecular weight excluding hydrogens is 492 g/mol. The van der Waals surface area contributed by atoms with Crippen LogP contribution in [-0.4, -0.2) is 28.9 Å². The molecule has 1 saturated heterocycles. The molecule has 3 N–H and O–H groups in total. The number of amides is 1. The highest BCUT2D eigenvalue weighted by Crippen LogP contribution is 2.39. The summed E-state index contributed by atoms with van der Waals surface area (Å²) in [5, 5.41) is 21.8. The van der Waals surface area contributed by atoms with Crippen LogP contribution in [-0.2, 0) is 4.79 Å². The van der Waals surface area contributed by atoms with Crippen molar-refractivity contribution >= 4 is 29.8 Å². The smallest absolute Gasteiger partial charge is 0.230 e. The van der Waals surface area contributed by atoms with Crippen LogP contribution in [0.1, 0.15) is 47.7 Å². The lowest BCUT2D eigenvalue weighted by Crippen LogP contribution is -2.46. The number of aliphatic hydroxyl groups excluding tert-OH is 1. The van der Waals surface area contributed by atoms with Crippen molar-refractivity contribution in [2.75, 3.05) is 17.7 Å². The number of aryl methyl sites for hydroxylation is 1. The van der Waals surface area contributed by atoms with E-state index < -0.39 is 6.10 Å². The number of rotatable bonds is 8. The number of anilines is 1. The first-order valence-corrected chi connectivity index (χ1v) is 13.2. The summed E-state index contributed by atoms with van der Waals surface area (Å²) in [4.78, 5) is 14.0. The predicted octanol–water partition coefficient (Wildman–Crippen LogP) is 6.52. The summed E-state index contributed by atoms with van der Waals surface area (Å²) in [7, 11) is 1.84. The van der Waals surface area contributed by atoms with Gasteiger partial charge in [-0.15, -0.1) is 0 Å². The molecule has 1 amide bonds. The molecule has 0 aromatic heterocycles. The zero-order valence-electron chi connectivity index (χ0n) is 22.1. The van der Waals surface area contributed by atoms with Gasteiger partial charge in [0, 0.05) is 24.2 Å². The normalized spacial score (nSPS) is 15.9. The zero-order chi connectivity index (χ0) is 27.7. The van der Waals surface area contributed by atoms with E-state index in [-0.39, 0.29) is 17.7 Å². The SMILES string of the molecule is C=C(/C=C\C(=C/C)c1ccc(N2C(=O)CC2c2ccc(O)cc2)cc1)NC.Cc1ccc(C(O)CS)cc1. The highest BCUT2D eigenvalue weighted by molar-refractivity contribution is 7.80. The molecular formula is C32H36N2O3S. The molecule has 0 aliphatic carbocycles. The second-order valence-electron chi connectivity index (χ2n) is 9.08. The first kappa shape index (κ1) is 28.8. The number of nitrogens with zero attached hydrogens (tertiary/aromatic N) is 1. The van der Waals surface area contributed by atoms with Gasteiger partial charge < -0.3 is 20.4 Å². The van der Waals surface area contributed by atoms with Gasteiger partial charge in [0.05, 0.1) is 18.6 Å². The van der Waals surface area contributed by atoms with Crippen LogP contribution in [0.3, 0.4) is 0 Å². The monoisotopic (exact) mass is 528 g/mol. The number of hydrogen-bond donors (Lipinski definition) is 4. The number of β-lactam (4-membered cyclic amide) rings is 1. The number of phenols is 1. The Hall–Kier alpha value is -3.74. The summed E-state index contributed by atoms with van der Waals surface area (Å²) in [5.41, 5.74) is 7.06. The van der Waals surface area contributed by atoms with E-state index in [1.165, 1.54) is 5.56 Å². The van der Waals surface area contributed by atoms with Crippen molar-refractivity contribution in [2.45, 2.75) is 32.4 Å². The zero-order valence-corrected chi connectivity index (χ0v) is 23.0. The van der Waals surface area contributed by atoms with Crippen LogP contribution < -0.4 is 10.2 Å².